The number of non-ortho nitro benzene ring substituents is 1. The Bertz CT molecular complexity index is 671. The van der Waals surface area contributed by atoms with Gasteiger partial charge in [-0.15, -0.1) is 0 Å². The number of nitrogens with zero attached hydrogens (tertiary/aromatic N) is 2. The number of carboxylic acid groups (broad SMARTS) is 1. The van der Waals surface area contributed by atoms with E-state index >= 15 is 0 Å². The quantitative estimate of drug-likeness (QED) is 0.630. The van der Waals surface area contributed by atoms with E-state index in [2.05, 4.69) is 0 Å². The number of benzene rings is 1. The van der Waals surface area contributed by atoms with Crippen LogP contribution in [0.5, 0.6) is 5.75 Å². The summed E-state index contributed by atoms with van der Waals surface area (Å²) in [5.74, 6) is -1.87. The van der Waals surface area contributed by atoms with Gasteiger partial charge in [0.1, 0.15) is 5.75 Å². The molecule has 1 aliphatic heterocycles. The first-order valence-electron chi connectivity index (χ1n) is 6.46. The number of aliphatic carboxylic acids is 1. The van der Waals surface area contributed by atoms with E-state index in [0.29, 0.717) is 12.8 Å². The maximum Gasteiger partial charge on any atom is 0.385 e. The van der Waals surface area contributed by atoms with Crippen molar-refractivity contribution in [3.05, 3.63) is 34.4 Å². The molecule has 1 aliphatic rings. The minimum atomic E-state index is -4.14. The maximum absolute atomic E-state index is 12.1. The molecule has 0 bridgehead atoms. The SMILES string of the molecule is O=C(O)[C@@H]1CCCN(S(=O)(=O)Oc2ccc([N+](=O)[O-])cc2)C1. The van der Waals surface area contributed by atoms with Crippen LogP contribution in [0.25, 0.3) is 0 Å². The molecule has 10 heteroatoms. The molecule has 1 aromatic carbocycles. The number of piperidine rings is 1. The van der Waals surface area contributed by atoms with Crippen LogP contribution < -0.4 is 4.18 Å². The highest BCUT2D eigenvalue weighted by molar-refractivity contribution is 7.84. The zero-order valence-corrected chi connectivity index (χ0v) is 12.2. The van der Waals surface area contributed by atoms with Crippen molar-refractivity contribution < 1.29 is 27.4 Å². The average Bonchev–Trinajstić information content (AvgIpc) is 2.47. The van der Waals surface area contributed by atoms with Crippen molar-refractivity contribution in [2.75, 3.05) is 13.1 Å². The van der Waals surface area contributed by atoms with Crippen LogP contribution in [0.15, 0.2) is 24.3 Å². The summed E-state index contributed by atoms with van der Waals surface area (Å²) in [5, 5.41) is 19.5. The standard InChI is InChI=1S/C12H14N2O7S/c15-12(16)9-2-1-7-13(8-9)22(19,20)21-11-5-3-10(4-6-11)14(17)18/h3-6,9H,1-2,7-8H2,(H,15,16)/t9-/m1/s1. The van der Waals surface area contributed by atoms with Crippen molar-refractivity contribution in [1.29, 1.82) is 0 Å². The average molecular weight is 330 g/mol. The van der Waals surface area contributed by atoms with Gasteiger partial charge in [0.2, 0.25) is 0 Å². The summed E-state index contributed by atoms with van der Waals surface area (Å²) in [5.41, 5.74) is -0.186. The van der Waals surface area contributed by atoms with Crippen LogP contribution in [0.1, 0.15) is 12.8 Å². The van der Waals surface area contributed by atoms with Crippen LogP contribution in [-0.2, 0) is 15.1 Å². The van der Waals surface area contributed by atoms with Gasteiger partial charge in [0, 0.05) is 25.2 Å². The second-order valence-electron chi connectivity index (χ2n) is 4.83. The minimum Gasteiger partial charge on any atom is -0.481 e. The molecule has 0 saturated carbocycles. The summed E-state index contributed by atoms with van der Waals surface area (Å²) >= 11 is 0. The second-order valence-corrected chi connectivity index (χ2v) is 6.37. The lowest BCUT2D eigenvalue weighted by Crippen LogP contribution is -2.44. The van der Waals surface area contributed by atoms with Gasteiger partial charge in [-0.05, 0) is 25.0 Å². The van der Waals surface area contributed by atoms with Crippen molar-refractivity contribution in [2.45, 2.75) is 12.8 Å². The molecule has 1 saturated heterocycles. The number of hydrogen-bond donors (Lipinski definition) is 1. The molecule has 120 valence electrons. The molecule has 0 radical (unpaired) electrons. The third-order valence-corrected chi connectivity index (χ3v) is 4.67. The van der Waals surface area contributed by atoms with E-state index in [4.69, 9.17) is 9.29 Å². The van der Waals surface area contributed by atoms with Crippen molar-refractivity contribution in [1.82, 2.24) is 4.31 Å². The van der Waals surface area contributed by atoms with E-state index in [9.17, 15) is 23.3 Å². The van der Waals surface area contributed by atoms with Crippen molar-refractivity contribution >= 4 is 22.0 Å². The summed E-state index contributed by atoms with van der Waals surface area (Å²) in [6.07, 6.45) is 0.846. The number of carboxylic acids is 1. The van der Waals surface area contributed by atoms with Crippen molar-refractivity contribution in [2.24, 2.45) is 5.92 Å². The third-order valence-electron chi connectivity index (χ3n) is 3.30. The van der Waals surface area contributed by atoms with Gasteiger partial charge in [-0.2, -0.15) is 12.7 Å². The van der Waals surface area contributed by atoms with Crippen LogP contribution in [0.4, 0.5) is 5.69 Å². The predicted molar refractivity (Wildman–Crippen MR) is 74.6 cm³/mol. The number of nitro benzene ring substituents is 1. The van der Waals surface area contributed by atoms with E-state index in [1.54, 1.807) is 0 Å². The number of hydrogen-bond acceptors (Lipinski definition) is 6. The maximum atomic E-state index is 12.1. The smallest absolute Gasteiger partial charge is 0.385 e. The van der Waals surface area contributed by atoms with Gasteiger partial charge in [-0.1, -0.05) is 0 Å². The fourth-order valence-electron chi connectivity index (χ4n) is 2.14. The fraction of sp³-hybridized carbons (Fsp3) is 0.417. The molecule has 0 unspecified atom stereocenters. The highest BCUT2D eigenvalue weighted by atomic mass is 32.2. The van der Waals surface area contributed by atoms with E-state index < -0.39 is 27.1 Å². The fourth-order valence-corrected chi connectivity index (χ4v) is 3.32. The molecule has 1 fully saturated rings. The van der Waals surface area contributed by atoms with Crippen molar-refractivity contribution in [3.8, 4) is 5.75 Å². The molecule has 1 heterocycles. The topological polar surface area (TPSA) is 127 Å². The lowest BCUT2D eigenvalue weighted by Gasteiger charge is -2.28. The van der Waals surface area contributed by atoms with E-state index in [-0.39, 0.29) is 24.5 Å². The summed E-state index contributed by atoms with van der Waals surface area (Å²) in [6, 6.07) is 4.60. The molecule has 1 N–H and O–H groups in total. The predicted octanol–water partition coefficient (Wildman–Crippen LogP) is 1.01. The van der Waals surface area contributed by atoms with Crippen LogP contribution in [0.2, 0.25) is 0 Å². The van der Waals surface area contributed by atoms with Gasteiger partial charge < -0.3 is 9.29 Å². The Hall–Kier alpha value is -2.20. The van der Waals surface area contributed by atoms with Gasteiger partial charge in [-0.25, -0.2) is 0 Å². The second kappa shape index (κ2) is 6.28. The zero-order chi connectivity index (χ0) is 16.3. The summed E-state index contributed by atoms with van der Waals surface area (Å²) in [4.78, 5) is 20.9. The molecule has 1 aromatic rings. The Kier molecular flexibility index (Phi) is 4.62. The molecule has 9 nitrogen and oxygen atoms in total. The van der Waals surface area contributed by atoms with Gasteiger partial charge in [0.05, 0.1) is 10.8 Å². The Morgan fingerprint density at radius 1 is 1.36 bits per heavy atom. The van der Waals surface area contributed by atoms with E-state index in [1.165, 1.54) is 12.1 Å². The molecule has 1 atom stereocenters. The van der Waals surface area contributed by atoms with Crippen LogP contribution in [-0.4, -0.2) is 41.8 Å². The third kappa shape index (κ3) is 3.71. The summed E-state index contributed by atoms with van der Waals surface area (Å²) < 4.78 is 30.1. The Morgan fingerprint density at radius 3 is 2.55 bits per heavy atom. The molecular weight excluding hydrogens is 316 g/mol. The first-order chi connectivity index (χ1) is 10.3. The number of carbonyl (C=O) groups is 1. The Labute approximate surface area is 126 Å². The van der Waals surface area contributed by atoms with Gasteiger partial charge >= 0.3 is 16.3 Å². The molecule has 2 rings (SSSR count). The first kappa shape index (κ1) is 16.2. The highest BCUT2D eigenvalue weighted by Gasteiger charge is 2.33. The molecule has 0 aliphatic carbocycles. The molecule has 0 amide bonds. The lowest BCUT2D eigenvalue weighted by atomic mass is 10.0. The highest BCUT2D eigenvalue weighted by Crippen LogP contribution is 2.23. The minimum absolute atomic E-state index is 0.0666. The van der Waals surface area contributed by atoms with E-state index in [0.717, 1.165) is 16.4 Å². The van der Waals surface area contributed by atoms with Crippen LogP contribution in [0.3, 0.4) is 0 Å². The largest absolute Gasteiger partial charge is 0.481 e. The van der Waals surface area contributed by atoms with Gasteiger partial charge in [-0.3, -0.25) is 14.9 Å². The number of rotatable bonds is 5. The lowest BCUT2D eigenvalue weighted by molar-refractivity contribution is -0.384. The van der Waals surface area contributed by atoms with Crippen LogP contribution >= 0.6 is 0 Å². The number of nitro groups is 1. The normalized spacial score (nSPS) is 19.5. The van der Waals surface area contributed by atoms with E-state index in [1.807, 2.05) is 0 Å². The van der Waals surface area contributed by atoms with Gasteiger partial charge in [0.25, 0.3) is 5.69 Å². The molecule has 0 aromatic heterocycles. The first-order valence-corrected chi connectivity index (χ1v) is 7.83. The Morgan fingerprint density at radius 2 is 2.00 bits per heavy atom. The molecular formula is C12H14N2O7S. The molecule has 22 heavy (non-hydrogen) atoms. The monoisotopic (exact) mass is 330 g/mol. The molecule has 0 spiro atoms. The summed E-state index contributed by atoms with van der Waals surface area (Å²) in [6.45, 7) is 0.0315. The zero-order valence-electron chi connectivity index (χ0n) is 11.4. The summed E-state index contributed by atoms with van der Waals surface area (Å²) in [7, 11) is -4.14. The Balaban J connectivity index is 2.10. The van der Waals surface area contributed by atoms with Crippen LogP contribution in [0, 0.1) is 16.0 Å². The van der Waals surface area contributed by atoms with Gasteiger partial charge in [0.15, 0.2) is 0 Å². The van der Waals surface area contributed by atoms with Crippen molar-refractivity contribution in [3.63, 3.8) is 0 Å².